The Morgan fingerprint density at radius 1 is 1.38 bits per heavy atom. The number of nitrogens with two attached hydrogens (primary N) is 1. The van der Waals surface area contributed by atoms with Gasteiger partial charge in [0.15, 0.2) is 0 Å². The van der Waals surface area contributed by atoms with Gasteiger partial charge in [-0.2, -0.15) is 5.10 Å². The standard InChI is InChI=1S/C20H27N7O2/c1-26-9-6-20(19(29)23-10-14-4-2-7-22-17(14)21)5-3-8-27(16(20)13-26)18(28)15-11-24-25-12-15/h2,4,7,11-12,16H,3,5-6,8-10,13H2,1H3,(H2,21,22)(H,23,29)(H,24,25)/t16-,20+/m0/s1. The summed E-state index contributed by atoms with van der Waals surface area (Å²) < 4.78 is 0. The van der Waals surface area contributed by atoms with Crippen molar-refractivity contribution in [1.29, 1.82) is 0 Å². The first-order valence-electron chi connectivity index (χ1n) is 9.97. The zero-order chi connectivity index (χ0) is 20.4. The third-order valence-corrected chi connectivity index (χ3v) is 6.28. The van der Waals surface area contributed by atoms with E-state index in [0.717, 1.165) is 31.4 Å². The molecule has 29 heavy (non-hydrogen) atoms. The summed E-state index contributed by atoms with van der Waals surface area (Å²) >= 11 is 0. The van der Waals surface area contributed by atoms with Gasteiger partial charge < -0.3 is 20.9 Å². The Balaban J connectivity index is 1.57. The molecule has 2 aliphatic rings. The third kappa shape index (κ3) is 3.57. The number of nitrogen functional groups attached to an aromatic ring is 1. The Morgan fingerprint density at radius 3 is 3.00 bits per heavy atom. The average molecular weight is 397 g/mol. The highest BCUT2D eigenvalue weighted by Gasteiger charge is 2.53. The number of carbonyl (C=O) groups excluding carboxylic acids is 2. The fraction of sp³-hybridized carbons (Fsp3) is 0.500. The summed E-state index contributed by atoms with van der Waals surface area (Å²) in [5, 5.41) is 9.68. The Kier molecular flexibility index (Phi) is 5.23. The monoisotopic (exact) mass is 397 g/mol. The van der Waals surface area contributed by atoms with Crippen LogP contribution in [0.1, 0.15) is 35.2 Å². The van der Waals surface area contributed by atoms with Crippen molar-refractivity contribution >= 4 is 17.6 Å². The number of aromatic nitrogens is 3. The van der Waals surface area contributed by atoms with Gasteiger partial charge in [-0.3, -0.25) is 14.7 Å². The maximum Gasteiger partial charge on any atom is 0.257 e. The van der Waals surface area contributed by atoms with Crippen molar-refractivity contribution in [2.45, 2.75) is 31.8 Å². The number of carbonyl (C=O) groups is 2. The van der Waals surface area contributed by atoms with Crippen LogP contribution < -0.4 is 11.1 Å². The predicted molar refractivity (Wildman–Crippen MR) is 108 cm³/mol. The number of likely N-dealkylation sites (tertiary alicyclic amines) is 2. The lowest BCUT2D eigenvalue weighted by molar-refractivity contribution is -0.142. The van der Waals surface area contributed by atoms with Crippen molar-refractivity contribution in [2.24, 2.45) is 5.41 Å². The second-order valence-electron chi connectivity index (χ2n) is 8.00. The van der Waals surface area contributed by atoms with Gasteiger partial charge in [-0.25, -0.2) is 4.98 Å². The van der Waals surface area contributed by atoms with Crippen LogP contribution in [0.15, 0.2) is 30.7 Å². The number of piperidine rings is 2. The largest absolute Gasteiger partial charge is 0.383 e. The number of fused-ring (bicyclic) bond motifs is 1. The lowest BCUT2D eigenvalue weighted by atomic mass is 9.67. The van der Waals surface area contributed by atoms with Crippen molar-refractivity contribution in [3.63, 3.8) is 0 Å². The molecule has 2 aromatic heterocycles. The third-order valence-electron chi connectivity index (χ3n) is 6.28. The Hall–Kier alpha value is -2.94. The molecule has 9 heteroatoms. The first-order chi connectivity index (χ1) is 14.0. The van der Waals surface area contributed by atoms with E-state index >= 15 is 0 Å². The zero-order valence-corrected chi connectivity index (χ0v) is 16.6. The van der Waals surface area contributed by atoms with Crippen molar-refractivity contribution in [3.05, 3.63) is 41.9 Å². The van der Waals surface area contributed by atoms with E-state index in [2.05, 4.69) is 25.4 Å². The van der Waals surface area contributed by atoms with Gasteiger partial charge in [0.1, 0.15) is 5.82 Å². The van der Waals surface area contributed by atoms with Gasteiger partial charge in [0, 0.05) is 37.6 Å². The lowest BCUT2D eigenvalue weighted by Gasteiger charge is -2.53. The molecule has 0 spiro atoms. The molecule has 0 aliphatic carbocycles. The van der Waals surface area contributed by atoms with Crippen molar-refractivity contribution in [1.82, 2.24) is 30.3 Å². The normalized spacial score (nSPS) is 24.7. The molecule has 2 saturated heterocycles. The summed E-state index contributed by atoms with van der Waals surface area (Å²) in [6.07, 6.45) is 7.07. The number of pyridine rings is 1. The lowest BCUT2D eigenvalue weighted by Crippen LogP contribution is -2.66. The zero-order valence-electron chi connectivity index (χ0n) is 16.6. The summed E-state index contributed by atoms with van der Waals surface area (Å²) in [7, 11) is 2.03. The van der Waals surface area contributed by atoms with E-state index in [-0.39, 0.29) is 17.9 Å². The van der Waals surface area contributed by atoms with Gasteiger partial charge in [-0.05, 0) is 38.9 Å². The highest BCUT2D eigenvalue weighted by atomic mass is 16.2. The summed E-state index contributed by atoms with van der Waals surface area (Å²) in [5.74, 6) is 0.335. The molecule has 0 unspecified atom stereocenters. The number of likely N-dealkylation sites (N-methyl/N-ethyl adjacent to an activating group) is 1. The molecule has 2 atom stereocenters. The topological polar surface area (TPSA) is 120 Å². The number of amides is 2. The van der Waals surface area contributed by atoms with Gasteiger partial charge in [-0.15, -0.1) is 0 Å². The number of nitrogens with zero attached hydrogens (tertiary/aromatic N) is 4. The number of nitrogens with one attached hydrogen (secondary N) is 2. The number of hydrogen-bond donors (Lipinski definition) is 3. The molecule has 2 aromatic rings. The van der Waals surface area contributed by atoms with E-state index in [0.29, 0.717) is 31.0 Å². The van der Waals surface area contributed by atoms with E-state index < -0.39 is 5.41 Å². The van der Waals surface area contributed by atoms with Crippen molar-refractivity contribution in [2.75, 3.05) is 32.4 Å². The van der Waals surface area contributed by atoms with E-state index in [1.165, 1.54) is 6.20 Å². The first-order valence-corrected chi connectivity index (χ1v) is 9.97. The summed E-state index contributed by atoms with van der Waals surface area (Å²) in [4.78, 5) is 34.7. The minimum Gasteiger partial charge on any atom is -0.383 e. The molecule has 0 radical (unpaired) electrons. The highest BCUT2D eigenvalue weighted by Crippen LogP contribution is 2.43. The van der Waals surface area contributed by atoms with Gasteiger partial charge in [0.2, 0.25) is 5.91 Å². The molecular formula is C20H27N7O2. The Morgan fingerprint density at radius 2 is 2.24 bits per heavy atom. The fourth-order valence-electron chi connectivity index (χ4n) is 4.63. The van der Waals surface area contributed by atoms with Gasteiger partial charge in [-0.1, -0.05) is 6.07 Å². The smallest absolute Gasteiger partial charge is 0.257 e. The number of H-pyrrole nitrogens is 1. The van der Waals surface area contributed by atoms with Crippen LogP contribution in [0.5, 0.6) is 0 Å². The number of aromatic amines is 1. The van der Waals surface area contributed by atoms with Crippen LogP contribution in [-0.2, 0) is 11.3 Å². The maximum absolute atomic E-state index is 13.5. The number of hydrogen-bond acceptors (Lipinski definition) is 6. The first kappa shape index (κ1) is 19.4. The van der Waals surface area contributed by atoms with Crippen LogP contribution in [-0.4, -0.2) is 69.5 Å². The summed E-state index contributed by atoms with van der Waals surface area (Å²) in [6, 6.07) is 3.49. The van der Waals surface area contributed by atoms with Gasteiger partial charge in [0.05, 0.1) is 23.2 Å². The average Bonchev–Trinajstić information content (AvgIpc) is 3.27. The molecule has 2 fully saturated rings. The second kappa shape index (κ2) is 7.82. The summed E-state index contributed by atoms with van der Waals surface area (Å²) in [6.45, 7) is 2.48. The molecule has 0 aromatic carbocycles. The van der Waals surface area contributed by atoms with Crippen LogP contribution in [0.2, 0.25) is 0 Å². The SMILES string of the molecule is CN1CC[C@]2(C(=O)NCc3cccnc3N)CCCN(C(=O)c3cn[nH]c3)[C@H]2C1. The fourth-order valence-corrected chi connectivity index (χ4v) is 4.63. The highest BCUT2D eigenvalue weighted by molar-refractivity contribution is 5.95. The van der Waals surface area contributed by atoms with E-state index in [1.54, 1.807) is 18.5 Å². The quantitative estimate of drug-likeness (QED) is 0.696. The Labute approximate surface area is 169 Å². The van der Waals surface area contributed by atoms with Crippen LogP contribution in [0, 0.1) is 5.41 Å². The second-order valence-corrected chi connectivity index (χ2v) is 8.00. The van der Waals surface area contributed by atoms with Crippen molar-refractivity contribution in [3.8, 4) is 0 Å². The molecule has 2 aliphatic heterocycles. The maximum atomic E-state index is 13.5. The molecule has 4 N–H and O–H groups in total. The summed E-state index contributed by atoms with van der Waals surface area (Å²) in [5.41, 5.74) is 6.64. The van der Waals surface area contributed by atoms with Crippen LogP contribution in [0.3, 0.4) is 0 Å². The van der Waals surface area contributed by atoms with E-state index in [9.17, 15) is 9.59 Å². The van der Waals surface area contributed by atoms with Gasteiger partial charge in [0.25, 0.3) is 5.91 Å². The number of anilines is 1. The molecule has 0 saturated carbocycles. The van der Waals surface area contributed by atoms with Crippen molar-refractivity contribution < 1.29 is 9.59 Å². The minimum absolute atomic E-state index is 0.0106. The van der Waals surface area contributed by atoms with Crippen LogP contribution in [0.25, 0.3) is 0 Å². The molecule has 4 rings (SSSR count). The minimum atomic E-state index is -0.596. The molecule has 2 amide bonds. The molecule has 4 heterocycles. The van der Waals surface area contributed by atoms with E-state index in [4.69, 9.17) is 5.73 Å². The van der Waals surface area contributed by atoms with Crippen LogP contribution in [0.4, 0.5) is 5.82 Å². The molecule has 154 valence electrons. The van der Waals surface area contributed by atoms with Gasteiger partial charge >= 0.3 is 0 Å². The van der Waals surface area contributed by atoms with E-state index in [1.807, 2.05) is 18.0 Å². The molecular weight excluding hydrogens is 370 g/mol. The molecule has 9 nitrogen and oxygen atoms in total. The Bertz CT molecular complexity index is 885. The predicted octanol–water partition coefficient (Wildman–Crippen LogP) is 0.630. The van der Waals surface area contributed by atoms with Crippen LogP contribution >= 0.6 is 0 Å². The molecule has 0 bridgehead atoms. The number of rotatable bonds is 4.